The summed E-state index contributed by atoms with van der Waals surface area (Å²) < 4.78 is 28.0. The highest BCUT2D eigenvalue weighted by atomic mass is 32.2. The van der Waals surface area contributed by atoms with Gasteiger partial charge in [0.15, 0.2) is 9.84 Å². The Bertz CT molecular complexity index is 709. The van der Waals surface area contributed by atoms with Gasteiger partial charge >= 0.3 is 0 Å². The molecular weight excluding hydrogens is 280 g/mol. The summed E-state index contributed by atoms with van der Waals surface area (Å²) >= 11 is 0. The van der Waals surface area contributed by atoms with Gasteiger partial charge in [0, 0.05) is 6.42 Å². The fraction of sp³-hybridized carbons (Fsp3) is 0.500. The lowest BCUT2D eigenvalue weighted by Crippen LogP contribution is -2.07. The summed E-state index contributed by atoms with van der Waals surface area (Å²) in [5.41, 5.74) is 1.36. The molecule has 0 aromatic carbocycles. The molecule has 3 rings (SSSR count). The fourth-order valence-corrected chi connectivity index (χ4v) is 4.10. The Balaban J connectivity index is 1.73. The molecule has 1 fully saturated rings. The van der Waals surface area contributed by atoms with Gasteiger partial charge in [-0.1, -0.05) is 5.16 Å². The molecule has 3 heterocycles. The van der Waals surface area contributed by atoms with Gasteiger partial charge in [-0.05, 0) is 31.4 Å². The summed E-state index contributed by atoms with van der Waals surface area (Å²) in [5.74, 6) is 1.35. The number of sulfone groups is 1. The Morgan fingerprint density at radius 2 is 2.20 bits per heavy atom. The van der Waals surface area contributed by atoms with Gasteiger partial charge in [0.25, 0.3) is 0 Å². The molecule has 0 saturated carbocycles. The molecule has 0 radical (unpaired) electrons. The van der Waals surface area contributed by atoms with Crippen LogP contribution in [-0.4, -0.2) is 40.3 Å². The van der Waals surface area contributed by atoms with E-state index in [0.717, 1.165) is 5.69 Å². The van der Waals surface area contributed by atoms with E-state index in [1.807, 2.05) is 13.0 Å². The summed E-state index contributed by atoms with van der Waals surface area (Å²) in [4.78, 5) is 4.25. The lowest BCUT2D eigenvalue weighted by atomic mass is 10.1. The highest BCUT2D eigenvalue weighted by Gasteiger charge is 2.29. The van der Waals surface area contributed by atoms with E-state index < -0.39 is 9.84 Å². The molecule has 106 valence electrons. The molecule has 0 amide bonds. The number of hydrogen-bond donors (Lipinski definition) is 0. The number of aromatic nitrogens is 4. The van der Waals surface area contributed by atoms with Gasteiger partial charge in [-0.2, -0.15) is 10.1 Å². The van der Waals surface area contributed by atoms with E-state index in [2.05, 4.69) is 20.3 Å². The van der Waals surface area contributed by atoms with Crippen LogP contribution in [0.3, 0.4) is 0 Å². The van der Waals surface area contributed by atoms with Gasteiger partial charge in [-0.15, -0.1) is 5.10 Å². The van der Waals surface area contributed by atoms with E-state index >= 15 is 0 Å². The number of aryl methyl sites for hydroxylation is 1. The van der Waals surface area contributed by atoms with Crippen molar-refractivity contribution in [2.45, 2.75) is 19.8 Å². The van der Waals surface area contributed by atoms with Crippen LogP contribution in [0.1, 0.15) is 18.0 Å². The van der Waals surface area contributed by atoms with Crippen LogP contribution in [0.4, 0.5) is 0 Å². The number of rotatable bonds is 3. The minimum Gasteiger partial charge on any atom is -0.339 e. The van der Waals surface area contributed by atoms with Crippen LogP contribution in [0, 0.1) is 12.8 Å². The van der Waals surface area contributed by atoms with Gasteiger partial charge < -0.3 is 4.52 Å². The first-order valence-electron chi connectivity index (χ1n) is 6.35. The standard InChI is InChI=1S/C12H14N4O3S/c1-8-2-3-10(15-14-8)12-13-11(19-16-12)6-9-4-5-20(17,18)7-9/h2-3,9H,4-7H2,1H3. The fourth-order valence-electron chi connectivity index (χ4n) is 2.24. The predicted molar refractivity (Wildman–Crippen MR) is 70.5 cm³/mol. The van der Waals surface area contributed by atoms with Crippen LogP contribution < -0.4 is 0 Å². The van der Waals surface area contributed by atoms with Crippen LogP contribution in [0.2, 0.25) is 0 Å². The molecule has 7 nitrogen and oxygen atoms in total. The predicted octanol–water partition coefficient (Wildman–Crippen LogP) is 0.812. The Morgan fingerprint density at radius 1 is 1.35 bits per heavy atom. The Morgan fingerprint density at radius 3 is 2.85 bits per heavy atom. The zero-order chi connectivity index (χ0) is 14.2. The maximum atomic E-state index is 11.4. The van der Waals surface area contributed by atoms with Crippen LogP contribution in [-0.2, 0) is 16.3 Å². The SMILES string of the molecule is Cc1ccc(-c2noc(CC3CCS(=O)(=O)C3)n2)nn1. The molecule has 0 spiro atoms. The zero-order valence-electron chi connectivity index (χ0n) is 11.0. The molecular formula is C12H14N4O3S. The third kappa shape index (κ3) is 2.84. The van der Waals surface area contributed by atoms with Crippen molar-refractivity contribution in [1.82, 2.24) is 20.3 Å². The molecule has 0 bridgehead atoms. The summed E-state index contributed by atoms with van der Waals surface area (Å²) in [6.07, 6.45) is 1.15. The van der Waals surface area contributed by atoms with E-state index in [0.29, 0.717) is 30.3 Å². The second-order valence-corrected chi connectivity index (χ2v) is 7.27. The third-order valence-electron chi connectivity index (χ3n) is 3.29. The first kappa shape index (κ1) is 13.2. The maximum absolute atomic E-state index is 11.4. The van der Waals surface area contributed by atoms with E-state index in [4.69, 9.17) is 4.52 Å². The van der Waals surface area contributed by atoms with E-state index in [-0.39, 0.29) is 17.4 Å². The lowest BCUT2D eigenvalue weighted by molar-refractivity contribution is 0.359. The van der Waals surface area contributed by atoms with Gasteiger partial charge in [0.05, 0.1) is 17.2 Å². The summed E-state index contributed by atoms with van der Waals surface area (Å²) in [5, 5.41) is 11.8. The van der Waals surface area contributed by atoms with Crippen LogP contribution in [0.15, 0.2) is 16.7 Å². The smallest absolute Gasteiger partial charge is 0.227 e. The minimum atomic E-state index is -2.88. The second-order valence-electron chi connectivity index (χ2n) is 5.04. The molecule has 1 saturated heterocycles. The van der Waals surface area contributed by atoms with E-state index in [1.165, 1.54) is 0 Å². The molecule has 0 N–H and O–H groups in total. The average molecular weight is 294 g/mol. The summed E-state index contributed by atoms with van der Waals surface area (Å²) in [6, 6.07) is 3.60. The van der Waals surface area contributed by atoms with E-state index in [9.17, 15) is 8.42 Å². The van der Waals surface area contributed by atoms with Crippen molar-refractivity contribution in [3.8, 4) is 11.5 Å². The van der Waals surface area contributed by atoms with Crippen molar-refractivity contribution in [3.63, 3.8) is 0 Å². The summed E-state index contributed by atoms with van der Waals surface area (Å²) in [6.45, 7) is 1.85. The molecule has 0 aliphatic carbocycles. The molecule has 2 aromatic heterocycles. The van der Waals surface area contributed by atoms with E-state index in [1.54, 1.807) is 6.07 Å². The largest absolute Gasteiger partial charge is 0.339 e. The van der Waals surface area contributed by atoms with Crippen molar-refractivity contribution in [3.05, 3.63) is 23.7 Å². The number of hydrogen-bond acceptors (Lipinski definition) is 7. The first-order valence-corrected chi connectivity index (χ1v) is 8.18. The van der Waals surface area contributed by atoms with Crippen molar-refractivity contribution in [2.75, 3.05) is 11.5 Å². The Hall–Kier alpha value is -1.83. The highest BCUT2D eigenvalue weighted by molar-refractivity contribution is 7.91. The molecule has 1 aliphatic rings. The molecule has 20 heavy (non-hydrogen) atoms. The van der Waals surface area contributed by atoms with Gasteiger partial charge in [0.2, 0.25) is 11.7 Å². The first-order chi connectivity index (χ1) is 9.52. The normalized spacial score (nSPS) is 21.1. The molecule has 1 unspecified atom stereocenters. The third-order valence-corrected chi connectivity index (χ3v) is 5.12. The van der Waals surface area contributed by atoms with Crippen LogP contribution in [0.5, 0.6) is 0 Å². The van der Waals surface area contributed by atoms with Gasteiger partial charge in [-0.3, -0.25) is 0 Å². The topological polar surface area (TPSA) is 98.8 Å². The monoisotopic (exact) mass is 294 g/mol. The van der Waals surface area contributed by atoms with Gasteiger partial charge in [-0.25, -0.2) is 8.42 Å². The van der Waals surface area contributed by atoms with Crippen LogP contribution in [0.25, 0.3) is 11.5 Å². The Kier molecular flexibility index (Phi) is 3.25. The van der Waals surface area contributed by atoms with Gasteiger partial charge in [0.1, 0.15) is 5.69 Å². The second kappa shape index (κ2) is 4.93. The zero-order valence-corrected chi connectivity index (χ0v) is 11.8. The molecule has 1 aliphatic heterocycles. The molecule has 1 atom stereocenters. The quantitative estimate of drug-likeness (QED) is 0.826. The van der Waals surface area contributed by atoms with Crippen molar-refractivity contribution in [2.24, 2.45) is 5.92 Å². The average Bonchev–Trinajstić information content (AvgIpc) is 2.98. The maximum Gasteiger partial charge on any atom is 0.227 e. The number of nitrogens with zero attached hydrogens (tertiary/aromatic N) is 4. The summed E-state index contributed by atoms with van der Waals surface area (Å²) in [7, 11) is -2.88. The molecule has 8 heteroatoms. The minimum absolute atomic E-state index is 0.0670. The Labute approximate surface area is 116 Å². The molecule has 2 aromatic rings. The lowest BCUT2D eigenvalue weighted by Gasteiger charge is -2.01. The van der Waals surface area contributed by atoms with Crippen LogP contribution >= 0.6 is 0 Å². The van der Waals surface area contributed by atoms with Crippen molar-refractivity contribution < 1.29 is 12.9 Å². The van der Waals surface area contributed by atoms with Crippen molar-refractivity contribution >= 4 is 9.84 Å². The highest BCUT2D eigenvalue weighted by Crippen LogP contribution is 2.22. The van der Waals surface area contributed by atoms with Crippen molar-refractivity contribution in [1.29, 1.82) is 0 Å².